The number of hydrogen-bond donors (Lipinski definition) is 2. The van der Waals surface area contributed by atoms with Gasteiger partial charge in [0.25, 0.3) is 11.8 Å². The first-order valence-electron chi connectivity index (χ1n) is 6.12. The second-order valence-corrected chi connectivity index (χ2v) is 5.64. The van der Waals surface area contributed by atoms with E-state index in [1.807, 2.05) is 6.26 Å². The molecule has 0 spiro atoms. The molecule has 9 nitrogen and oxygen atoms in total. The van der Waals surface area contributed by atoms with Crippen molar-refractivity contribution in [3.05, 3.63) is 6.20 Å². The lowest BCUT2D eigenvalue weighted by atomic mass is 10.3. The molecule has 2 aliphatic heterocycles. The SMILES string of the molecule is CS[C@]1(CN)CN(c2cnc3c(n2)NC(=O)CO3)C(=O)O1. The number of ether oxygens (including phenoxy) is 2. The second kappa shape index (κ2) is 5.04. The van der Waals surface area contributed by atoms with Crippen LogP contribution in [0.2, 0.25) is 0 Å². The number of hydrogen-bond acceptors (Lipinski definition) is 8. The third kappa shape index (κ3) is 2.36. The van der Waals surface area contributed by atoms with Crippen molar-refractivity contribution in [3.63, 3.8) is 0 Å². The molecule has 10 heteroatoms. The molecule has 1 atom stereocenters. The number of aromatic nitrogens is 2. The summed E-state index contributed by atoms with van der Waals surface area (Å²) in [5.74, 6) is 0.360. The maximum absolute atomic E-state index is 12.0. The molecule has 2 amide bonds. The fraction of sp³-hybridized carbons (Fsp3) is 0.455. The zero-order valence-electron chi connectivity index (χ0n) is 11.2. The van der Waals surface area contributed by atoms with Gasteiger partial charge in [-0.15, -0.1) is 11.8 Å². The number of carbonyl (C=O) groups excluding carboxylic acids is 2. The van der Waals surface area contributed by atoms with Crippen LogP contribution < -0.4 is 20.7 Å². The lowest BCUT2D eigenvalue weighted by molar-refractivity contribution is -0.118. The fourth-order valence-electron chi connectivity index (χ4n) is 2.01. The molecule has 1 aromatic heterocycles. The Balaban J connectivity index is 1.89. The van der Waals surface area contributed by atoms with E-state index in [2.05, 4.69) is 15.3 Å². The normalized spacial score (nSPS) is 24.2. The van der Waals surface area contributed by atoms with E-state index in [0.717, 1.165) is 0 Å². The molecule has 3 N–H and O–H groups in total. The molecule has 0 aliphatic carbocycles. The topological polar surface area (TPSA) is 120 Å². The Morgan fingerprint density at radius 1 is 1.57 bits per heavy atom. The molecule has 0 bridgehead atoms. The quantitative estimate of drug-likeness (QED) is 0.786. The average molecular weight is 311 g/mol. The van der Waals surface area contributed by atoms with Gasteiger partial charge in [0.2, 0.25) is 0 Å². The van der Waals surface area contributed by atoms with E-state index in [4.69, 9.17) is 15.2 Å². The number of nitrogens with two attached hydrogens (primary N) is 1. The first kappa shape index (κ1) is 13.9. The predicted molar refractivity (Wildman–Crippen MR) is 75.3 cm³/mol. The number of nitrogens with zero attached hydrogens (tertiary/aromatic N) is 3. The van der Waals surface area contributed by atoms with Gasteiger partial charge in [0.1, 0.15) is 0 Å². The Hall–Kier alpha value is -2.07. The third-order valence-corrected chi connectivity index (χ3v) is 4.30. The number of carbonyl (C=O) groups is 2. The van der Waals surface area contributed by atoms with Crippen molar-refractivity contribution in [2.75, 3.05) is 36.2 Å². The molecule has 0 unspecified atom stereocenters. The third-order valence-electron chi connectivity index (χ3n) is 3.18. The molecular formula is C11H13N5O4S. The van der Waals surface area contributed by atoms with Crippen LogP contribution in [-0.4, -0.2) is 52.9 Å². The first-order chi connectivity index (χ1) is 10.1. The van der Waals surface area contributed by atoms with Crippen molar-refractivity contribution in [2.24, 2.45) is 5.73 Å². The van der Waals surface area contributed by atoms with Crippen LogP contribution >= 0.6 is 11.8 Å². The van der Waals surface area contributed by atoms with Gasteiger partial charge < -0.3 is 20.5 Å². The van der Waals surface area contributed by atoms with Crippen molar-refractivity contribution in [2.45, 2.75) is 4.93 Å². The van der Waals surface area contributed by atoms with E-state index >= 15 is 0 Å². The summed E-state index contributed by atoms with van der Waals surface area (Å²) in [6, 6.07) is 0. The Morgan fingerprint density at radius 3 is 3.05 bits per heavy atom. The number of rotatable bonds is 3. The lowest BCUT2D eigenvalue weighted by Crippen LogP contribution is -2.38. The minimum Gasteiger partial charge on any atom is -0.465 e. The highest BCUT2D eigenvalue weighted by Gasteiger charge is 2.45. The van der Waals surface area contributed by atoms with Crippen LogP contribution in [0.5, 0.6) is 5.88 Å². The van der Waals surface area contributed by atoms with Crippen molar-refractivity contribution < 1.29 is 19.1 Å². The zero-order chi connectivity index (χ0) is 15.0. The monoisotopic (exact) mass is 311 g/mol. The Labute approximate surface area is 124 Å². The molecule has 1 fully saturated rings. The van der Waals surface area contributed by atoms with Crippen LogP contribution in [0.1, 0.15) is 0 Å². The van der Waals surface area contributed by atoms with Crippen LogP contribution in [0.3, 0.4) is 0 Å². The standard InChI is InChI=1S/C11H13N5O4S/c1-21-11(4-12)5-16(10(18)20-11)6-2-13-9-8(14-6)15-7(17)3-19-9/h2H,3-5,12H2,1H3,(H,14,15,17)/t11-/m1/s1. The van der Waals surface area contributed by atoms with Crippen LogP contribution in [0.25, 0.3) is 0 Å². The second-order valence-electron chi connectivity index (χ2n) is 4.49. The largest absolute Gasteiger partial charge is 0.465 e. The van der Waals surface area contributed by atoms with Crippen LogP contribution in [0.15, 0.2) is 6.20 Å². The molecule has 3 heterocycles. The van der Waals surface area contributed by atoms with Gasteiger partial charge in [-0.2, -0.15) is 0 Å². The molecule has 1 saturated heterocycles. The molecular weight excluding hydrogens is 298 g/mol. The molecule has 0 aromatic carbocycles. The summed E-state index contributed by atoms with van der Waals surface area (Å²) in [6.07, 6.45) is 2.66. The van der Waals surface area contributed by atoms with E-state index in [9.17, 15) is 9.59 Å². The number of nitrogens with one attached hydrogen (secondary N) is 1. The Bertz CT molecular complexity index is 606. The molecule has 3 rings (SSSR count). The maximum atomic E-state index is 12.0. The van der Waals surface area contributed by atoms with E-state index < -0.39 is 11.0 Å². The van der Waals surface area contributed by atoms with Gasteiger partial charge in [-0.25, -0.2) is 14.8 Å². The molecule has 21 heavy (non-hydrogen) atoms. The number of thioether (sulfide) groups is 1. The fourth-order valence-corrected chi connectivity index (χ4v) is 2.59. The van der Waals surface area contributed by atoms with Gasteiger partial charge in [0, 0.05) is 6.54 Å². The molecule has 112 valence electrons. The summed E-state index contributed by atoms with van der Waals surface area (Å²) >= 11 is 1.36. The Kier molecular flexibility index (Phi) is 3.33. The lowest BCUT2D eigenvalue weighted by Gasteiger charge is -2.22. The summed E-state index contributed by atoms with van der Waals surface area (Å²) in [5.41, 5.74) is 5.67. The van der Waals surface area contributed by atoms with Crippen molar-refractivity contribution >= 4 is 35.4 Å². The van der Waals surface area contributed by atoms with E-state index in [1.165, 1.54) is 22.9 Å². The van der Waals surface area contributed by atoms with E-state index in [1.54, 1.807) is 0 Å². The highest BCUT2D eigenvalue weighted by atomic mass is 32.2. The van der Waals surface area contributed by atoms with Gasteiger partial charge in [-0.05, 0) is 6.26 Å². The maximum Gasteiger partial charge on any atom is 0.417 e. The summed E-state index contributed by atoms with van der Waals surface area (Å²) in [4.78, 5) is 32.0. The molecule has 0 radical (unpaired) electrons. The van der Waals surface area contributed by atoms with Crippen molar-refractivity contribution in [1.29, 1.82) is 0 Å². The minimum atomic E-state index is -0.797. The zero-order valence-corrected chi connectivity index (χ0v) is 12.0. The van der Waals surface area contributed by atoms with Gasteiger partial charge in [-0.3, -0.25) is 9.69 Å². The number of cyclic esters (lactones) is 1. The Morgan fingerprint density at radius 2 is 2.38 bits per heavy atom. The summed E-state index contributed by atoms with van der Waals surface area (Å²) in [7, 11) is 0. The number of fused-ring (bicyclic) bond motifs is 1. The summed E-state index contributed by atoms with van der Waals surface area (Å²) in [5, 5.41) is 2.54. The number of amides is 2. The summed E-state index contributed by atoms with van der Waals surface area (Å²) in [6.45, 7) is 0.343. The number of anilines is 2. The van der Waals surface area contributed by atoms with Gasteiger partial charge in [0.05, 0.1) is 12.7 Å². The predicted octanol–water partition coefficient (Wildman–Crippen LogP) is -0.218. The van der Waals surface area contributed by atoms with Gasteiger partial charge in [-0.1, -0.05) is 0 Å². The highest BCUT2D eigenvalue weighted by Crippen LogP contribution is 2.34. The van der Waals surface area contributed by atoms with E-state index in [-0.39, 0.29) is 43.1 Å². The van der Waals surface area contributed by atoms with Crippen LogP contribution in [0, 0.1) is 0 Å². The van der Waals surface area contributed by atoms with Crippen molar-refractivity contribution in [1.82, 2.24) is 9.97 Å². The van der Waals surface area contributed by atoms with Crippen LogP contribution in [0.4, 0.5) is 16.4 Å². The highest BCUT2D eigenvalue weighted by molar-refractivity contribution is 7.99. The van der Waals surface area contributed by atoms with Gasteiger partial charge >= 0.3 is 6.09 Å². The van der Waals surface area contributed by atoms with E-state index in [0.29, 0.717) is 0 Å². The first-order valence-corrected chi connectivity index (χ1v) is 7.35. The molecule has 2 aliphatic rings. The molecule has 0 saturated carbocycles. The summed E-state index contributed by atoms with van der Waals surface area (Å²) < 4.78 is 10.4. The van der Waals surface area contributed by atoms with Crippen molar-refractivity contribution in [3.8, 4) is 5.88 Å². The van der Waals surface area contributed by atoms with Crippen LogP contribution in [-0.2, 0) is 9.53 Å². The molecule has 1 aromatic rings. The smallest absolute Gasteiger partial charge is 0.417 e. The average Bonchev–Trinajstić information content (AvgIpc) is 2.84. The van der Waals surface area contributed by atoms with Gasteiger partial charge in [0.15, 0.2) is 23.2 Å². The minimum absolute atomic E-state index is 0.102.